The van der Waals surface area contributed by atoms with E-state index in [-0.39, 0.29) is 0 Å². The van der Waals surface area contributed by atoms with Gasteiger partial charge in [0.2, 0.25) is 0 Å². The lowest BCUT2D eigenvalue weighted by molar-refractivity contribution is 0.0523. The predicted molar refractivity (Wildman–Crippen MR) is 43.4 cm³/mol. The first-order valence-corrected chi connectivity index (χ1v) is 3.73. The molecule has 0 unspecified atom stereocenters. The Hall–Kier alpha value is -2.03. The summed E-state index contributed by atoms with van der Waals surface area (Å²) >= 11 is 0. The normalized spacial score (nSPS) is 11.5. The summed E-state index contributed by atoms with van der Waals surface area (Å²) in [7, 11) is 0. The second-order valence-electron chi connectivity index (χ2n) is 2.66. The lowest BCUT2D eigenvalue weighted by atomic mass is 10.4. The second kappa shape index (κ2) is 2.73. The van der Waals surface area contributed by atoms with Crippen LogP contribution in [0.3, 0.4) is 0 Å². The molecule has 2 aromatic rings. The van der Waals surface area contributed by atoms with E-state index in [1.54, 1.807) is 0 Å². The third-order valence-corrected chi connectivity index (χ3v) is 1.72. The van der Waals surface area contributed by atoms with E-state index in [9.17, 15) is 8.78 Å². The largest absolute Gasteiger partial charge is 0.388 e. The molecule has 0 fully saturated rings. The van der Waals surface area contributed by atoms with Crippen molar-refractivity contribution in [3.8, 4) is 6.07 Å². The number of nitrogens with one attached hydrogen (secondary N) is 1. The molecule has 0 aromatic carbocycles. The zero-order chi connectivity index (χ0) is 10.2. The summed E-state index contributed by atoms with van der Waals surface area (Å²) < 4.78 is 25.7. The summed E-state index contributed by atoms with van der Waals surface area (Å²) in [4.78, 5) is 9.66. The fourth-order valence-corrected chi connectivity index (χ4v) is 1.06. The number of pyridine rings is 1. The summed E-state index contributed by atoms with van der Waals surface area (Å²) in [6.45, 7) is 0. The SMILES string of the molecule is N#CC(F)(F)c1nc2ccncc2[nH]1. The molecule has 6 heteroatoms. The Morgan fingerprint density at radius 3 is 2.93 bits per heavy atom. The number of hydrogen-bond donors (Lipinski definition) is 1. The molecule has 1 N–H and O–H groups in total. The minimum absolute atomic E-state index is 0.366. The molecule has 0 aliphatic heterocycles. The van der Waals surface area contributed by atoms with Gasteiger partial charge in [-0.2, -0.15) is 14.0 Å². The molecule has 2 aromatic heterocycles. The van der Waals surface area contributed by atoms with E-state index in [1.165, 1.54) is 18.5 Å². The fraction of sp³-hybridized carbons (Fsp3) is 0.125. The van der Waals surface area contributed by atoms with Crippen LogP contribution in [0.5, 0.6) is 0 Å². The van der Waals surface area contributed by atoms with Crippen LogP contribution in [-0.2, 0) is 5.92 Å². The maximum absolute atomic E-state index is 12.8. The van der Waals surface area contributed by atoms with Gasteiger partial charge in [0, 0.05) is 6.20 Å². The van der Waals surface area contributed by atoms with Gasteiger partial charge in [-0.1, -0.05) is 0 Å². The maximum atomic E-state index is 12.8. The van der Waals surface area contributed by atoms with Gasteiger partial charge in [0.1, 0.15) is 6.07 Å². The van der Waals surface area contributed by atoms with Crippen molar-refractivity contribution >= 4 is 11.0 Å². The van der Waals surface area contributed by atoms with Crippen LogP contribution in [0.2, 0.25) is 0 Å². The van der Waals surface area contributed by atoms with Crippen LogP contribution in [0.15, 0.2) is 18.5 Å². The van der Waals surface area contributed by atoms with Crippen molar-refractivity contribution in [3.63, 3.8) is 0 Å². The Kier molecular flexibility index (Phi) is 1.67. The van der Waals surface area contributed by atoms with E-state index in [0.29, 0.717) is 11.0 Å². The number of rotatable bonds is 1. The molecule has 0 saturated heterocycles. The molecule has 0 amide bonds. The number of hydrogen-bond acceptors (Lipinski definition) is 3. The van der Waals surface area contributed by atoms with Gasteiger partial charge in [-0.05, 0) is 6.07 Å². The van der Waals surface area contributed by atoms with Crippen molar-refractivity contribution in [2.45, 2.75) is 5.92 Å². The molecular weight excluding hydrogens is 190 g/mol. The van der Waals surface area contributed by atoms with Crippen molar-refractivity contribution in [1.82, 2.24) is 15.0 Å². The van der Waals surface area contributed by atoms with Gasteiger partial charge < -0.3 is 4.98 Å². The van der Waals surface area contributed by atoms with E-state index in [1.807, 2.05) is 0 Å². The Morgan fingerprint density at radius 1 is 1.50 bits per heavy atom. The lowest BCUT2D eigenvalue weighted by Crippen LogP contribution is -2.11. The number of nitriles is 1. The van der Waals surface area contributed by atoms with Crippen LogP contribution in [0.1, 0.15) is 5.82 Å². The lowest BCUT2D eigenvalue weighted by Gasteiger charge is -2.00. The van der Waals surface area contributed by atoms with E-state index in [4.69, 9.17) is 5.26 Å². The first kappa shape index (κ1) is 8.56. The van der Waals surface area contributed by atoms with Gasteiger partial charge in [-0.3, -0.25) is 4.98 Å². The number of halogens is 2. The Morgan fingerprint density at radius 2 is 2.29 bits per heavy atom. The fourth-order valence-electron chi connectivity index (χ4n) is 1.06. The molecule has 0 aliphatic rings. The Labute approximate surface area is 77.2 Å². The number of alkyl halides is 2. The highest BCUT2D eigenvalue weighted by Crippen LogP contribution is 2.25. The van der Waals surface area contributed by atoms with Crippen LogP contribution < -0.4 is 0 Å². The molecule has 0 radical (unpaired) electrons. The van der Waals surface area contributed by atoms with Gasteiger partial charge in [-0.25, -0.2) is 4.98 Å². The van der Waals surface area contributed by atoms with E-state index in [2.05, 4.69) is 15.0 Å². The molecule has 0 aliphatic carbocycles. The number of aromatic nitrogens is 3. The van der Waals surface area contributed by atoms with Gasteiger partial charge in [0.25, 0.3) is 0 Å². The number of fused-ring (bicyclic) bond motifs is 1. The molecule has 0 atom stereocenters. The van der Waals surface area contributed by atoms with Crippen molar-refractivity contribution in [3.05, 3.63) is 24.3 Å². The number of nitrogens with zero attached hydrogens (tertiary/aromatic N) is 3. The van der Waals surface area contributed by atoms with E-state index >= 15 is 0 Å². The monoisotopic (exact) mass is 194 g/mol. The average molecular weight is 194 g/mol. The molecule has 0 bridgehead atoms. The molecule has 2 heterocycles. The van der Waals surface area contributed by atoms with Crippen LogP contribution >= 0.6 is 0 Å². The van der Waals surface area contributed by atoms with Crippen molar-refractivity contribution in [2.24, 2.45) is 0 Å². The highest BCUT2D eigenvalue weighted by Gasteiger charge is 2.35. The number of imidazole rings is 1. The standard InChI is InChI=1S/C8H4F2N4/c9-8(10,4-11)7-13-5-1-2-12-3-6(5)14-7/h1-3H,(H,13,14). The third kappa shape index (κ3) is 1.19. The minimum atomic E-state index is -3.58. The molecule has 14 heavy (non-hydrogen) atoms. The van der Waals surface area contributed by atoms with Gasteiger partial charge >= 0.3 is 5.92 Å². The smallest absolute Gasteiger partial charge is 0.335 e. The minimum Gasteiger partial charge on any atom is -0.335 e. The number of H-pyrrole nitrogens is 1. The van der Waals surface area contributed by atoms with Crippen LogP contribution in [0.4, 0.5) is 8.78 Å². The number of aromatic amines is 1. The summed E-state index contributed by atoms with van der Waals surface area (Å²) in [6, 6.07) is 2.36. The zero-order valence-electron chi connectivity index (χ0n) is 6.83. The van der Waals surface area contributed by atoms with Crippen molar-refractivity contribution < 1.29 is 8.78 Å². The molecule has 0 spiro atoms. The Balaban J connectivity index is 2.62. The average Bonchev–Trinajstić information content (AvgIpc) is 2.61. The molecule has 4 nitrogen and oxygen atoms in total. The first-order chi connectivity index (χ1) is 6.63. The third-order valence-electron chi connectivity index (χ3n) is 1.72. The predicted octanol–water partition coefficient (Wildman–Crippen LogP) is 1.57. The van der Waals surface area contributed by atoms with E-state index < -0.39 is 11.7 Å². The van der Waals surface area contributed by atoms with E-state index in [0.717, 1.165) is 6.07 Å². The maximum Gasteiger partial charge on any atom is 0.388 e. The molecule has 70 valence electrons. The second-order valence-corrected chi connectivity index (χ2v) is 2.66. The quantitative estimate of drug-likeness (QED) is 0.749. The summed E-state index contributed by atoms with van der Waals surface area (Å²) in [5.41, 5.74) is 0.752. The van der Waals surface area contributed by atoms with Gasteiger partial charge in [-0.15, -0.1) is 0 Å². The summed E-state index contributed by atoms with van der Waals surface area (Å²) in [5, 5.41) is 8.20. The van der Waals surface area contributed by atoms with Crippen molar-refractivity contribution in [1.29, 1.82) is 5.26 Å². The molecule has 0 saturated carbocycles. The van der Waals surface area contributed by atoms with Gasteiger partial charge in [0.15, 0.2) is 5.82 Å². The van der Waals surface area contributed by atoms with Crippen molar-refractivity contribution in [2.75, 3.05) is 0 Å². The topological polar surface area (TPSA) is 65.4 Å². The zero-order valence-corrected chi connectivity index (χ0v) is 6.83. The Bertz CT molecular complexity index is 478. The summed E-state index contributed by atoms with van der Waals surface area (Å²) in [5.74, 6) is -4.23. The van der Waals surface area contributed by atoms with Crippen LogP contribution in [-0.4, -0.2) is 15.0 Å². The van der Waals surface area contributed by atoms with Crippen LogP contribution in [0.25, 0.3) is 11.0 Å². The molecular formula is C8H4F2N4. The molecule has 2 rings (SSSR count). The summed E-state index contributed by atoms with van der Waals surface area (Å²) in [6.07, 6.45) is 2.82. The highest BCUT2D eigenvalue weighted by atomic mass is 19.3. The van der Waals surface area contributed by atoms with Crippen LogP contribution in [0, 0.1) is 11.3 Å². The highest BCUT2D eigenvalue weighted by molar-refractivity contribution is 5.73. The first-order valence-electron chi connectivity index (χ1n) is 3.73. The van der Waals surface area contributed by atoms with Gasteiger partial charge in [0.05, 0.1) is 17.2 Å².